The minimum atomic E-state index is -0.752. The van der Waals surface area contributed by atoms with Crippen LogP contribution in [-0.2, 0) is 6.61 Å². The van der Waals surface area contributed by atoms with Crippen LogP contribution in [0.4, 0.5) is 17.1 Å². The van der Waals surface area contributed by atoms with Crippen LogP contribution in [0.5, 0.6) is 11.5 Å². The smallest absolute Gasteiger partial charge is 0.310 e. The fourth-order valence-electron chi connectivity index (χ4n) is 2.38. The largest absolute Gasteiger partial charge is 0.506 e. The fraction of sp³-hybridized carbons (Fsp3) is 0.0556. The normalized spacial score (nSPS) is 10.3. The van der Waals surface area contributed by atoms with Gasteiger partial charge in [-0.15, -0.1) is 0 Å². The maximum absolute atomic E-state index is 12.3. The van der Waals surface area contributed by atoms with Crippen LogP contribution in [0, 0.1) is 20.2 Å². The van der Waals surface area contributed by atoms with Gasteiger partial charge in [0.25, 0.3) is 11.6 Å². The fourth-order valence-corrected chi connectivity index (χ4v) is 2.38. The number of nitrogens with one attached hydrogen (secondary N) is 1. The number of benzene rings is 2. The Morgan fingerprint density at radius 3 is 2.55 bits per heavy atom. The molecule has 0 atom stereocenters. The van der Waals surface area contributed by atoms with E-state index >= 15 is 0 Å². The minimum Gasteiger partial charge on any atom is -0.506 e. The molecule has 0 aliphatic carbocycles. The van der Waals surface area contributed by atoms with E-state index in [-0.39, 0.29) is 46.7 Å². The number of amides is 1. The molecule has 0 fully saturated rings. The van der Waals surface area contributed by atoms with Gasteiger partial charge in [0.15, 0.2) is 11.5 Å². The number of hydrogen-bond donors (Lipinski definition) is 2. The molecule has 0 bridgehead atoms. The summed E-state index contributed by atoms with van der Waals surface area (Å²) in [5, 5.41) is 33.9. The number of aromatic hydroxyl groups is 1. The summed E-state index contributed by atoms with van der Waals surface area (Å²) in [6, 6.07) is 11.8. The van der Waals surface area contributed by atoms with Gasteiger partial charge in [0, 0.05) is 18.2 Å². The lowest BCUT2D eigenvalue weighted by Crippen LogP contribution is -2.11. The molecule has 0 saturated heterocycles. The second-order valence-electron chi connectivity index (χ2n) is 5.69. The average molecular weight is 399 g/mol. The summed E-state index contributed by atoms with van der Waals surface area (Å²) in [6.07, 6.45) is 0. The Bertz CT molecular complexity index is 1090. The first-order valence-corrected chi connectivity index (χ1v) is 8.09. The molecule has 1 amide bonds. The third-order valence-corrected chi connectivity index (χ3v) is 3.76. The van der Waals surface area contributed by atoms with E-state index in [1.54, 1.807) is 6.07 Å². The third kappa shape index (κ3) is 4.47. The first kappa shape index (κ1) is 19.4. The maximum Gasteiger partial charge on any atom is 0.310 e. The predicted octanol–water partition coefficient (Wildman–Crippen LogP) is 3.63. The lowest BCUT2D eigenvalue weighted by molar-refractivity contribution is -0.386. The van der Waals surface area contributed by atoms with Gasteiger partial charge >= 0.3 is 5.69 Å². The molecule has 3 aromatic rings. The van der Waals surface area contributed by atoms with E-state index in [1.165, 1.54) is 30.3 Å². The van der Waals surface area contributed by atoms with Crippen LogP contribution in [0.3, 0.4) is 0 Å². The number of nitrogens with zero attached hydrogens (tertiary/aromatic N) is 2. The molecule has 1 heterocycles. The van der Waals surface area contributed by atoms with Crippen LogP contribution in [0.25, 0.3) is 0 Å². The number of phenols is 1. The van der Waals surface area contributed by atoms with E-state index in [0.29, 0.717) is 0 Å². The molecule has 0 aliphatic heterocycles. The summed E-state index contributed by atoms with van der Waals surface area (Å²) in [6.45, 7) is -0.166. The molecule has 29 heavy (non-hydrogen) atoms. The number of hydrogen-bond acceptors (Lipinski definition) is 8. The van der Waals surface area contributed by atoms with Gasteiger partial charge in [-0.2, -0.15) is 0 Å². The highest BCUT2D eigenvalue weighted by molar-refractivity contribution is 6.03. The number of nitro benzene ring substituents is 2. The molecule has 148 valence electrons. The Hall–Kier alpha value is -4.41. The number of para-hydroxylation sites is 2. The van der Waals surface area contributed by atoms with Crippen LogP contribution < -0.4 is 10.1 Å². The van der Waals surface area contributed by atoms with Crippen molar-refractivity contribution in [2.24, 2.45) is 0 Å². The average Bonchev–Trinajstić information content (AvgIpc) is 3.17. The number of anilines is 1. The zero-order chi connectivity index (χ0) is 21.0. The Kier molecular flexibility index (Phi) is 5.39. The molecule has 0 unspecified atom stereocenters. The van der Waals surface area contributed by atoms with E-state index in [0.717, 1.165) is 18.2 Å². The van der Waals surface area contributed by atoms with Crippen LogP contribution >= 0.6 is 0 Å². The van der Waals surface area contributed by atoms with E-state index < -0.39 is 15.8 Å². The molecule has 0 spiro atoms. The summed E-state index contributed by atoms with van der Waals surface area (Å²) < 4.78 is 10.7. The lowest BCUT2D eigenvalue weighted by Gasteiger charge is -2.06. The van der Waals surface area contributed by atoms with Gasteiger partial charge in [0.05, 0.1) is 15.5 Å². The Morgan fingerprint density at radius 2 is 1.83 bits per heavy atom. The van der Waals surface area contributed by atoms with E-state index in [1.807, 2.05) is 0 Å². The highest BCUT2D eigenvalue weighted by Gasteiger charge is 2.18. The monoisotopic (exact) mass is 399 g/mol. The van der Waals surface area contributed by atoms with Gasteiger partial charge in [0.2, 0.25) is 0 Å². The van der Waals surface area contributed by atoms with E-state index in [9.17, 15) is 30.1 Å². The lowest BCUT2D eigenvalue weighted by atomic mass is 10.2. The van der Waals surface area contributed by atoms with Gasteiger partial charge in [-0.25, -0.2) is 0 Å². The number of furan rings is 1. The first-order valence-electron chi connectivity index (χ1n) is 8.09. The number of carbonyl (C=O) groups is 1. The Labute approximate surface area is 162 Å². The van der Waals surface area contributed by atoms with Crippen LogP contribution in [0.2, 0.25) is 0 Å². The Morgan fingerprint density at radius 1 is 1.07 bits per heavy atom. The number of rotatable bonds is 7. The molecule has 0 aliphatic rings. The van der Waals surface area contributed by atoms with Crippen LogP contribution in [0.15, 0.2) is 59.0 Å². The molecule has 0 radical (unpaired) electrons. The molecule has 11 nitrogen and oxygen atoms in total. The number of phenolic OH excluding ortho intramolecular Hbond substituents is 1. The summed E-state index contributed by atoms with van der Waals surface area (Å²) >= 11 is 0. The number of carbonyl (C=O) groups excluding carboxylic acids is 1. The standard InChI is InChI=1S/C18H13N3O8/c22-15-7-5-11(20(24)25)9-13(15)19-18(23)17-8-6-12(29-17)10-28-16-4-2-1-3-14(16)21(26)27/h1-9,22H,10H2,(H,19,23). The Balaban J connectivity index is 1.69. The van der Waals surface area contributed by atoms with E-state index in [4.69, 9.17) is 9.15 Å². The summed E-state index contributed by atoms with van der Waals surface area (Å²) in [5.74, 6) is -0.983. The van der Waals surface area contributed by atoms with Gasteiger partial charge in [-0.3, -0.25) is 25.0 Å². The summed E-state index contributed by atoms with van der Waals surface area (Å²) in [7, 11) is 0. The molecule has 0 saturated carbocycles. The molecule has 11 heteroatoms. The number of non-ortho nitro benzene ring substituents is 1. The van der Waals surface area contributed by atoms with Crippen molar-refractivity contribution in [3.8, 4) is 11.5 Å². The summed E-state index contributed by atoms with van der Waals surface area (Å²) in [5.41, 5.74) is -0.674. The zero-order valence-electron chi connectivity index (χ0n) is 14.6. The molecule has 1 aromatic heterocycles. The second-order valence-corrected chi connectivity index (χ2v) is 5.69. The summed E-state index contributed by atoms with van der Waals surface area (Å²) in [4.78, 5) is 32.8. The maximum atomic E-state index is 12.3. The van der Waals surface area contributed by atoms with Crippen molar-refractivity contribution in [1.29, 1.82) is 0 Å². The van der Waals surface area contributed by atoms with E-state index in [2.05, 4.69) is 5.32 Å². The molecular formula is C18H13N3O8. The number of nitro groups is 2. The quantitative estimate of drug-likeness (QED) is 0.346. The van der Waals surface area contributed by atoms with Crippen molar-refractivity contribution in [1.82, 2.24) is 0 Å². The van der Waals surface area contributed by atoms with Crippen LogP contribution in [-0.4, -0.2) is 20.9 Å². The van der Waals surface area contributed by atoms with Gasteiger partial charge in [-0.05, 0) is 24.3 Å². The minimum absolute atomic E-state index is 0.0430. The highest BCUT2D eigenvalue weighted by Crippen LogP contribution is 2.29. The molecule has 3 rings (SSSR count). The SMILES string of the molecule is O=C(Nc1cc([N+](=O)[O-])ccc1O)c1ccc(COc2ccccc2[N+](=O)[O-])o1. The predicted molar refractivity (Wildman–Crippen MR) is 98.9 cm³/mol. The highest BCUT2D eigenvalue weighted by atomic mass is 16.6. The van der Waals surface area contributed by atoms with Gasteiger partial charge in [0.1, 0.15) is 18.1 Å². The van der Waals surface area contributed by atoms with Crippen molar-refractivity contribution in [2.45, 2.75) is 6.61 Å². The molecule has 2 N–H and O–H groups in total. The van der Waals surface area contributed by atoms with Crippen LogP contribution in [0.1, 0.15) is 16.3 Å². The van der Waals surface area contributed by atoms with Crippen molar-refractivity contribution < 1.29 is 28.9 Å². The van der Waals surface area contributed by atoms with Crippen molar-refractivity contribution in [2.75, 3.05) is 5.32 Å². The van der Waals surface area contributed by atoms with Crippen molar-refractivity contribution in [3.05, 3.63) is 86.3 Å². The topological polar surface area (TPSA) is 158 Å². The zero-order valence-corrected chi connectivity index (χ0v) is 14.6. The number of ether oxygens (including phenoxy) is 1. The van der Waals surface area contributed by atoms with Gasteiger partial charge in [-0.1, -0.05) is 12.1 Å². The second kappa shape index (κ2) is 8.08. The van der Waals surface area contributed by atoms with Crippen molar-refractivity contribution in [3.63, 3.8) is 0 Å². The molecule has 2 aromatic carbocycles. The van der Waals surface area contributed by atoms with Crippen molar-refractivity contribution >= 4 is 23.0 Å². The molecular weight excluding hydrogens is 386 g/mol. The third-order valence-electron chi connectivity index (χ3n) is 3.76. The van der Waals surface area contributed by atoms with Gasteiger partial charge < -0.3 is 19.6 Å². The first-order chi connectivity index (χ1) is 13.8.